The summed E-state index contributed by atoms with van der Waals surface area (Å²) in [6, 6.07) is 0. The summed E-state index contributed by atoms with van der Waals surface area (Å²) in [5.41, 5.74) is 4.78. The van der Waals surface area contributed by atoms with Crippen LogP contribution in [0.2, 0.25) is 0 Å². The molecule has 0 aromatic carbocycles. The van der Waals surface area contributed by atoms with Crippen LogP contribution in [-0.2, 0) is 27.2 Å². The molecule has 0 bridgehead atoms. The fourth-order valence-corrected chi connectivity index (χ4v) is 0.447. The fraction of sp³-hybridized carbons (Fsp3) is 1.00. The summed E-state index contributed by atoms with van der Waals surface area (Å²) >= 11 is 0. The molecule has 8 heavy (non-hydrogen) atoms. The second kappa shape index (κ2) is 4.29. The van der Waals surface area contributed by atoms with Gasteiger partial charge in [0.2, 0.25) is 0 Å². The van der Waals surface area contributed by atoms with Crippen LogP contribution in [0.3, 0.4) is 0 Å². The van der Waals surface area contributed by atoms with Gasteiger partial charge < -0.3 is 5.73 Å². The van der Waals surface area contributed by atoms with Crippen LogP contribution in [0.4, 0.5) is 0 Å². The van der Waals surface area contributed by atoms with Crippen molar-refractivity contribution in [2.24, 2.45) is 5.73 Å². The minimum Gasteiger partial charge on any atom is -0.329 e. The van der Waals surface area contributed by atoms with E-state index in [1.165, 1.54) is 0 Å². The molecule has 0 spiro atoms. The Labute approximate surface area is 58.7 Å². The number of hydrogen-bond acceptors (Lipinski definition) is 3. The van der Waals surface area contributed by atoms with Crippen molar-refractivity contribution in [3.8, 4) is 0 Å². The molecule has 0 saturated heterocycles. The van der Waals surface area contributed by atoms with Crippen molar-refractivity contribution in [2.75, 3.05) is 12.3 Å². The van der Waals surface area contributed by atoms with E-state index >= 15 is 0 Å². The Balaban J connectivity index is 0. The molecule has 0 amide bonds. The summed E-state index contributed by atoms with van der Waals surface area (Å²) in [6.07, 6.45) is 0. The van der Waals surface area contributed by atoms with Gasteiger partial charge in [-0.25, -0.2) is 0 Å². The maximum Gasteiger partial charge on any atom is 0.266 e. The van der Waals surface area contributed by atoms with E-state index < -0.39 is 10.1 Å². The Hall–Kier alpha value is 0.389. The van der Waals surface area contributed by atoms with Gasteiger partial charge >= 0.3 is 0 Å². The summed E-state index contributed by atoms with van der Waals surface area (Å²) in [7, 11) is -3.80. The molecule has 6 heteroatoms. The van der Waals surface area contributed by atoms with E-state index in [1.54, 1.807) is 0 Å². The number of hydrogen-bond donors (Lipinski definition) is 2. The third-order valence-electron chi connectivity index (χ3n) is 0.376. The minimum atomic E-state index is -3.80. The summed E-state index contributed by atoms with van der Waals surface area (Å²) in [4.78, 5) is 0. The second-order valence-electron chi connectivity index (χ2n) is 1.07. The van der Waals surface area contributed by atoms with Crippen LogP contribution in [0.5, 0.6) is 0 Å². The molecule has 0 saturated carbocycles. The van der Waals surface area contributed by atoms with Crippen LogP contribution in [0.15, 0.2) is 0 Å². The third kappa shape index (κ3) is 9.63. The quantitative estimate of drug-likeness (QED) is 0.415. The van der Waals surface area contributed by atoms with Gasteiger partial charge in [0.25, 0.3) is 10.1 Å². The molecule has 4 nitrogen and oxygen atoms in total. The van der Waals surface area contributed by atoms with E-state index in [0.29, 0.717) is 0 Å². The Kier molecular flexibility index (Phi) is 6.01. The largest absolute Gasteiger partial charge is 0.329 e. The molecule has 0 heterocycles. The van der Waals surface area contributed by atoms with Gasteiger partial charge in [0.15, 0.2) is 0 Å². The van der Waals surface area contributed by atoms with Gasteiger partial charge in [-0.2, -0.15) is 8.42 Å². The first-order valence-corrected chi connectivity index (χ1v) is 3.32. The van der Waals surface area contributed by atoms with Crippen molar-refractivity contribution in [3.63, 3.8) is 0 Å². The van der Waals surface area contributed by atoms with Crippen LogP contribution in [0.1, 0.15) is 0 Å². The zero-order valence-electron chi connectivity index (χ0n) is 4.02. The van der Waals surface area contributed by atoms with Crippen molar-refractivity contribution in [3.05, 3.63) is 0 Å². The molecule has 0 aliphatic heterocycles. The third-order valence-corrected chi connectivity index (χ3v) is 1.13. The second-order valence-corrected chi connectivity index (χ2v) is 2.65. The Morgan fingerprint density at radius 3 is 1.88 bits per heavy atom. The van der Waals surface area contributed by atoms with E-state index in [2.05, 4.69) is 0 Å². The molecule has 0 fully saturated rings. The number of rotatable bonds is 2. The van der Waals surface area contributed by atoms with E-state index in [0.717, 1.165) is 0 Å². The maximum absolute atomic E-state index is 9.71. The van der Waals surface area contributed by atoms with Gasteiger partial charge in [0, 0.05) is 23.6 Å². The average Bonchev–Trinajstić information content (AvgIpc) is 1.30. The van der Waals surface area contributed by atoms with E-state index in [1.807, 2.05) is 0 Å². The average molecular weight is 181 g/mol. The molecule has 0 atom stereocenters. The normalized spacial score (nSPS) is 10.2. The van der Waals surface area contributed by atoms with Crippen LogP contribution in [0.25, 0.3) is 0 Å². The minimum absolute atomic E-state index is 0. The van der Waals surface area contributed by atoms with Crippen LogP contribution in [0, 0.1) is 0 Å². The zero-order chi connectivity index (χ0) is 5.91. The first-order chi connectivity index (χ1) is 3.06. The van der Waals surface area contributed by atoms with Gasteiger partial charge in [0.1, 0.15) is 0 Å². The van der Waals surface area contributed by atoms with Gasteiger partial charge in [0.05, 0.1) is 5.75 Å². The monoisotopic (exact) mass is 181 g/mol. The van der Waals surface area contributed by atoms with Crippen molar-refractivity contribution in [1.29, 1.82) is 0 Å². The van der Waals surface area contributed by atoms with Crippen molar-refractivity contribution in [2.45, 2.75) is 0 Å². The van der Waals surface area contributed by atoms with Gasteiger partial charge in [-0.15, -0.1) is 0 Å². The molecule has 0 aromatic heterocycles. The van der Waals surface area contributed by atoms with Crippen LogP contribution < -0.4 is 5.73 Å². The Bertz CT molecular complexity index is 130. The molecule has 52 valence electrons. The number of nitrogens with two attached hydrogens (primary N) is 1. The van der Waals surface area contributed by atoms with Gasteiger partial charge in [-0.05, 0) is 0 Å². The van der Waals surface area contributed by atoms with Crippen molar-refractivity contribution >= 4 is 10.1 Å². The molecular formula is C2H7FeNO3S. The first-order valence-electron chi connectivity index (χ1n) is 1.71. The van der Waals surface area contributed by atoms with Gasteiger partial charge in [-0.3, -0.25) is 4.55 Å². The molecule has 3 N–H and O–H groups in total. The predicted octanol–water partition coefficient (Wildman–Crippen LogP) is -1.17. The molecule has 0 rings (SSSR count). The van der Waals surface area contributed by atoms with Crippen molar-refractivity contribution in [1.82, 2.24) is 0 Å². The van der Waals surface area contributed by atoms with E-state index in [4.69, 9.17) is 10.3 Å². The molecule has 0 aromatic rings. The standard InChI is InChI=1S/C2H7NO3S.Fe/c3-1-2-7(4,5)6;/h1-3H2,(H,4,5,6);. The van der Waals surface area contributed by atoms with E-state index in [-0.39, 0.29) is 29.4 Å². The molecular weight excluding hydrogens is 174 g/mol. The SMILES string of the molecule is NCCS(=O)(=O)O.[Fe]. The summed E-state index contributed by atoms with van der Waals surface area (Å²) < 4.78 is 27.3. The first kappa shape index (κ1) is 11.2. The molecule has 0 unspecified atom stereocenters. The summed E-state index contributed by atoms with van der Waals surface area (Å²) in [5, 5.41) is 0. The topological polar surface area (TPSA) is 80.4 Å². The zero-order valence-corrected chi connectivity index (χ0v) is 5.94. The molecule has 0 aliphatic carbocycles. The fourth-order valence-electron chi connectivity index (χ4n) is 0.149. The van der Waals surface area contributed by atoms with Gasteiger partial charge in [-0.1, -0.05) is 0 Å². The van der Waals surface area contributed by atoms with E-state index in [9.17, 15) is 8.42 Å². The summed E-state index contributed by atoms with van der Waals surface area (Å²) in [5.74, 6) is -0.354. The Morgan fingerprint density at radius 2 is 1.88 bits per heavy atom. The molecule has 0 aliphatic rings. The summed E-state index contributed by atoms with van der Waals surface area (Å²) in [6.45, 7) is -0.0289. The van der Waals surface area contributed by atoms with Crippen LogP contribution in [-0.4, -0.2) is 25.3 Å². The maximum atomic E-state index is 9.71. The Morgan fingerprint density at radius 1 is 1.50 bits per heavy atom. The van der Waals surface area contributed by atoms with Crippen LogP contribution >= 0.6 is 0 Å². The van der Waals surface area contributed by atoms with Crippen molar-refractivity contribution < 1.29 is 30.0 Å². The smallest absolute Gasteiger partial charge is 0.266 e. The predicted molar refractivity (Wildman–Crippen MR) is 25.5 cm³/mol. The molecule has 0 radical (unpaired) electrons.